The van der Waals surface area contributed by atoms with Gasteiger partial charge in [-0.05, 0) is 43.9 Å². The molecule has 0 aromatic heterocycles. The van der Waals surface area contributed by atoms with Crippen molar-refractivity contribution in [1.82, 2.24) is 10.0 Å². The first-order valence-electron chi connectivity index (χ1n) is 7.49. The molecule has 1 unspecified atom stereocenters. The fourth-order valence-electron chi connectivity index (χ4n) is 1.87. The van der Waals surface area contributed by atoms with Crippen LogP contribution in [0.2, 0.25) is 0 Å². The van der Waals surface area contributed by atoms with Crippen LogP contribution in [0.25, 0.3) is 0 Å². The second-order valence-electron chi connectivity index (χ2n) is 6.02. The van der Waals surface area contributed by atoms with Crippen LogP contribution in [-0.4, -0.2) is 26.9 Å². The number of aryl methyl sites for hydroxylation is 2. The molecule has 1 aromatic rings. The Labute approximate surface area is 133 Å². The molecule has 0 saturated heterocycles. The molecule has 6 heteroatoms. The van der Waals surface area contributed by atoms with Crippen molar-refractivity contribution in [1.29, 1.82) is 0 Å². The zero-order chi connectivity index (χ0) is 16.9. The topological polar surface area (TPSA) is 75.3 Å². The molecular formula is C16H26N2O3S. The number of sulfonamides is 1. The lowest BCUT2D eigenvalue weighted by atomic mass is 10.1. The molecule has 1 atom stereocenters. The summed E-state index contributed by atoms with van der Waals surface area (Å²) in [5.74, 6) is 0.195. The zero-order valence-corrected chi connectivity index (χ0v) is 14.8. The highest BCUT2D eigenvalue weighted by atomic mass is 32.2. The summed E-state index contributed by atoms with van der Waals surface area (Å²) in [4.78, 5) is 12.0. The first-order valence-corrected chi connectivity index (χ1v) is 8.98. The average Bonchev–Trinajstić information content (AvgIpc) is 2.40. The van der Waals surface area contributed by atoms with Crippen LogP contribution in [0.3, 0.4) is 0 Å². The molecule has 2 N–H and O–H groups in total. The van der Waals surface area contributed by atoms with Crippen molar-refractivity contribution in [3.8, 4) is 0 Å². The molecule has 0 bridgehead atoms. The van der Waals surface area contributed by atoms with Gasteiger partial charge in [-0.25, -0.2) is 13.1 Å². The molecular weight excluding hydrogens is 300 g/mol. The number of benzene rings is 1. The van der Waals surface area contributed by atoms with Crippen molar-refractivity contribution in [3.63, 3.8) is 0 Å². The SMILES string of the molecule is Cc1ccc(C)c(S(=O)(=O)NCCC(=O)NC(C)C(C)C)c1. The molecule has 1 rings (SSSR count). The summed E-state index contributed by atoms with van der Waals surface area (Å²) >= 11 is 0. The van der Waals surface area contributed by atoms with Gasteiger partial charge < -0.3 is 5.32 Å². The van der Waals surface area contributed by atoms with Crippen LogP contribution in [0.15, 0.2) is 23.1 Å². The first-order chi connectivity index (χ1) is 10.1. The lowest BCUT2D eigenvalue weighted by Gasteiger charge is -2.17. The van der Waals surface area contributed by atoms with Gasteiger partial charge in [0.05, 0.1) is 4.90 Å². The molecule has 0 heterocycles. The van der Waals surface area contributed by atoms with Gasteiger partial charge >= 0.3 is 0 Å². The summed E-state index contributed by atoms with van der Waals surface area (Å²) in [5, 5.41) is 2.85. The molecule has 124 valence electrons. The van der Waals surface area contributed by atoms with E-state index in [4.69, 9.17) is 0 Å². The van der Waals surface area contributed by atoms with Gasteiger partial charge in [0.25, 0.3) is 0 Å². The molecule has 0 saturated carbocycles. The van der Waals surface area contributed by atoms with E-state index in [0.717, 1.165) is 5.56 Å². The Bertz CT molecular complexity index is 624. The van der Waals surface area contributed by atoms with E-state index >= 15 is 0 Å². The molecule has 0 aliphatic rings. The minimum absolute atomic E-state index is 0.0723. The van der Waals surface area contributed by atoms with Gasteiger partial charge in [0.15, 0.2) is 0 Å². The van der Waals surface area contributed by atoms with Crippen LogP contribution in [0.1, 0.15) is 38.3 Å². The first kappa shape index (κ1) is 18.6. The molecule has 0 fully saturated rings. The smallest absolute Gasteiger partial charge is 0.240 e. The molecule has 0 radical (unpaired) electrons. The van der Waals surface area contributed by atoms with Gasteiger partial charge in [0, 0.05) is 19.0 Å². The Morgan fingerprint density at radius 1 is 1.18 bits per heavy atom. The third-order valence-electron chi connectivity index (χ3n) is 3.67. The summed E-state index contributed by atoms with van der Waals surface area (Å²) < 4.78 is 27.0. The highest BCUT2D eigenvalue weighted by Gasteiger charge is 2.17. The average molecular weight is 326 g/mol. The van der Waals surface area contributed by atoms with Crippen LogP contribution in [0, 0.1) is 19.8 Å². The Morgan fingerprint density at radius 2 is 1.82 bits per heavy atom. The number of carbonyl (C=O) groups is 1. The van der Waals surface area contributed by atoms with Crippen LogP contribution >= 0.6 is 0 Å². The van der Waals surface area contributed by atoms with Gasteiger partial charge in [-0.2, -0.15) is 0 Å². The van der Waals surface area contributed by atoms with E-state index in [1.165, 1.54) is 0 Å². The Morgan fingerprint density at radius 3 is 2.41 bits per heavy atom. The van der Waals surface area contributed by atoms with Crippen LogP contribution in [0.5, 0.6) is 0 Å². The predicted molar refractivity (Wildman–Crippen MR) is 88.2 cm³/mol. The van der Waals surface area contributed by atoms with Gasteiger partial charge in [-0.1, -0.05) is 26.0 Å². The molecule has 22 heavy (non-hydrogen) atoms. The quantitative estimate of drug-likeness (QED) is 0.806. The minimum atomic E-state index is -3.58. The molecule has 0 aliphatic heterocycles. The number of rotatable bonds is 7. The minimum Gasteiger partial charge on any atom is -0.353 e. The third-order valence-corrected chi connectivity index (χ3v) is 5.27. The highest BCUT2D eigenvalue weighted by Crippen LogP contribution is 2.16. The van der Waals surface area contributed by atoms with Crippen molar-refractivity contribution >= 4 is 15.9 Å². The van der Waals surface area contributed by atoms with Crippen molar-refractivity contribution in [2.45, 2.75) is 52.0 Å². The van der Waals surface area contributed by atoms with Crippen molar-refractivity contribution in [2.24, 2.45) is 5.92 Å². The predicted octanol–water partition coefficient (Wildman–Crippen LogP) is 2.13. The van der Waals surface area contributed by atoms with Crippen LogP contribution < -0.4 is 10.0 Å². The summed E-state index contributed by atoms with van der Waals surface area (Å²) in [6.07, 6.45) is 0.126. The number of hydrogen-bond donors (Lipinski definition) is 2. The second kappa shape index (κ2) is 7.74. The standard InChI is InChI=1S/C16H26N2O3S/c1-11(2)14(5)18-16(19)8-9-17-22(20,21)15-10-12(3)6-7-13(15)4/h6-7,10-11,14,17H,8-9H2,1-5H3,(H,18,19). The van der Waals surface area contributed by atoms with E-state index in [2.05, 4.69) is 10.0 Å². The van der Waals surface area contributed by atoms with Crippen molar-refractivity contribution in [2.75, 3.05) is 6.54 Å². The van der Waals surface area contributed by atoms with Gasteiger partial charge in [0.2, 0.25) is 15.9 Å². The van der Waals surface area contributed by atoms with E-state index < -0.39 is 10.0 Å². The van der Waals surface area contributed by atoms with E-state index in [0.29, 0.717) is 11.5 Å². The van der Waals surface area contributed by atoms with E-state index in [-0.39, 0.29) is 29.8 Å². The van der Waals surface area contributed by atoms with Crippen LogP contribution in [-0.2, 0) is 14.8 Å². The largest absolute Gasteiger partial charge is 0.353 e. The second-order valence-corrected chi connectivity index (χ2v) is 7.75. The number of carbonyl (C=O) groups excluding carboxylic acids is 1. The van der Waals surface area contributed by atoms with Gasteiger partial charge in [-0.15, -0.1) is 0 Å². The molecule has 1 amide bonds. The summed E-state index contributed by atoms with van der Waals surface area (Å²) in [5.41, 5.74) is 1.57. The number of hydrogen-bond acceptors (Lipinski definition) is 3. The Kier molecular flexibility index (Phi) is 6.56. The van der Waals surface area contributed by atoms with E-state index in [1.54, 1.807) is 19.1 Å². The number of nitrogens with one attached hydrogen (secondary N) is 2. The van der Waals surface area contributed by atoms with E-state index in [1.807, 2.05) is 33.8 Å². The van der Waals surface area contributed by atoms with Crippen molar-refractivity contribution < 1.29 is 13.2 Å². The maximum Gasteiger partial charge on any atom is 0.240 e. The maximum atomic E-state index is 12.3. The lowest BCUT2D eigenvalue weighted by Crippen LogP contribution is -2.38. The fraction of sp³-hybridized carbons (Fsp3) is 0.562. The summed E-state index contributed by atoms with van der Waals surface area (Å²) in [7, 11) is -3.58. The number of amides is 1. The Balaban J connectivity index is 2.60. The van der Waals surface area contributed by atoms with Gasteiger partial charge in [0.1, 0.15) is 0 Å². The molecule has 5 nitrogen and oxygen atoms in total. The van der Waals surface area contributed by atoms with Gasteiger partial charge in [-0.3, -0.25) is 4.79 Å². The molecule has 1 aromatic carbocycles. The Hall–Kier alpha value is -1.40. The summed E-state index contributed by atoms with van der Waals surface area (Å²) in [6, 6.07) is 5.36. The van der Waals surface area contributed by atoms with Crippen molar-refractivity contribution in [3.05, 3.63) is 29.3 Å². The lowest BCUT2D eigenvalue weighted by molar-refractivity contribution is -0.121. The normalized spacial score (nSPS) is 13.2. The fourth-order valence-corrected chi connectivity index (χ4v) is 3.23. The third kappa shape index (κ3) is 5.42. The van der Waals surface area contributed by atoms with E-state index in [9.17, 15) is 13.2 Å². The highest BCUT2D eigenvalue weighted by molar-refractivity contribution is 7.89. The van der Waals surface area contributed by atoms with Crippen LogP contribution in [0.4, 0.5) is 0 Å². The maximum absolute atomic E-state index is 12.3. The monoisotopic (exact) mass is 326 g/mol. The molecule has 0 aliphatic carbocycles. The summed E-state index contributed by atoms with van der Waals surface area (Å²) in [6.45, 7) is 9.67. The molecule has 0 spiro atoms. The zero-order valence-electron chi connectivity index (χ0n) is 13.9.